The summed E-state index contributed by atoms with van der Waals surface area (Å²) in [5, 5.41) is 3.30. The number of rotatable bonds is 3. The minimum Gasteiger partial charge on any atom is -0.379 e. The van der Waals surface area contributed by atoms with Gasteiger partial charge < -0.3 is 5.32 Å². The van der Waals surface area contributed by atoms with Gasteiger partial charge in [-0.15, -0.1) is 0 Å². The molecule has 1 N–H and O–H groups in total. The maximum Gasteiger partial charge on any atom is 0.0481 e. The average Bonchev–Trinajstić information content (AvgIpc) is 2.06. The van der Waals surface area contributed by atoms with E-state index in [1.807, 2.05) is 19.1 Å². The van der Waals surface area contributed by atoms with Gasteiger partial charge in [-0.3, -0.25) is 0 Å². The molecule has 0 aromatic rings. The van der Waals surface area contributed by atoms with Crippen molar-refractivity contribution >= 4 is 0 Å². The standard InChI is InChI=1S/C11H15N/c1-3-7-10(2)12-11-8-5-4-6-9-11/h3-8,11-12H,2,9H2,1H3/b7-3-. The fourth-order valence-corrected chi connectivity index (χ4v) is 1.18. The molecule has 1 aliphatic rings. The molecule has 12 heavy (non-hydrogen) atoms. The van der Waals surface area contributed by atoms with E-state index >= 15 is 0 Å². The van der Waals surface area contributed by atoms with Crippen molar-refractivity contribution in [1.29, 1.82) is 0 Å². The molecule has 0 saturated carbocycles. The van der Waals surface area contributed by atoms with E-state index in [0.29, 0.717) is 6.04 Å². The molecule has 0 saturated heterocycles. The van der Waals surface area contributed by atoms with Gasteiger partial charge in [0.2, 0.25) is 0 Å². The Labute approximate surface area is 74.2 Å². The molecule has 0 aliphatic heterocycles. The molecule has 1 unspecified atom stereocenters. The summed E-state index contributed by atoms with van der Waals surface area (Å²) >= 11 is 0. The van der Waals surface area contributed by atoms with Crippen LogP contribution in [0, 0.1) is 0 Å². The maximum atomic E-state index is 3.88. The van der Waals surface area contributed by atoms with Gasteiger partial charge in [-0.05, 0) is 19.4 Å². The van der Waals surface area contributed by atoms with E-state index in [1.54, 1.807) is 0 Å². The van der Waals surface area contributed by atoms with E-state index < -0.39 is 0 Å². The van der Waals surface area contributed by atoms with Crippen LogP contribution in [0.1, 0.15) is 13.3 Å². The van der Waals surface area contributed by atoms with E-state index in [0.717, 1.165) is 12.1 Å². The highest BCUT2D eigenvalue weighted by Gasteiger charge is 2.02. The van der Waals surface area contributed by atoms with Crippen LogP contribution in [0.15, 0.2) is 48.7 Å². The van der Waals surface area contributed by atoms with E-state index in [2.05, 4.69) is 36.2 Å². The Morgan fingerprint density at radius 3 is 3.00 bits per heavy atom. The summed E-state index contributed by atoms with van der Waals surface area (Å²) in [4.78, 5) is 0. The molecule has 0 bridgehead atoms. The van der Waals surface area contributed by atoms with E-state index in [-0.39, 0.29) is 0 Å². The van der Waals surface area contributed by atoms with Crippen molar-refractivity contribution in [3.05, 3.63) is 48.7 Å². The normalized spacial score (nSPS) is 21.6. The van der Waals surface area contributed by atoms with Gasteiger partial charge in [-0.2, -0.15) is 0 Å². The fraction of sp³-hybridized carbons (Fsp3) is 0.273. The first-order chi connectivity index (χ1) is 5.83. The number of hydrogen-bond acceptors (Lipinski definition) is 1. The highest BCUT2D eigenvalue weighted by Crippen LogP contribution is 2.04. The third kappa shape index (κ3) is 2.79. The Kier molecular flexibility index (Phi) is 3.39. The molecule has 0 aromatic heterocycles. The first-order valence-electron chi connectivity index (χ1n) is 4.24. The van der Waals surface area contributed by atoms with Gasteiger partial charge in [0.05, 0.1) is 0 Å². The SMILES string of the molecule is C=C(/C=C\C)NC1C=CC=CC1. The molecule has 1 rings (SSSR count). The lowest BCUT2D eigenvalue weighted by Gasteiger charge is -2.16. The summed E-state index contributed by atoms with van der Waals surface area (Å²) in [5.41, 5.74) is 0.974. The second kappa shape index (κ2) is 4.60. The Balaban J connectivity index is 2.36. The number of hydrogen-bond donors (Lipinski definition) is 1. The van der Waals surface area contributed by atoms with Crippen LogP contribution in [0.25, 0.3) is 0 Å². The Bertz CT molecular complexity index is 233. The Hall–Kier alpha value is -1.24. The summed E-state index contributed by atoms with van der Waals surface area (Å²) < 4.78 is 0. The number of allylic oxidation sites excluding steroid dienone is 4. The molecule has 64 valence electrons. The third-order valence-corrected chi connectivity index (χ3v) is 1.72. The van der Waals surface area contributed by atoms with Gasteiger partial charge in [-0.25, -0.2) is 0 Å². The van der Waals surface area contributed by atoms with Crippen molar-refractivity contribution in [1.82, 2.24) is 5.32 Å². The zero-order chi connectivity index (χ0) is 8.81. The van der Waals surface area contributed by atoms with Crippen molar-refractivity contribution in [2.24, 2.45) is 0 Å². The maximum absolute atomic E-state index is 3.88. The monoisotopic (exact) mass is 161 g/mol. The zero-order valence-corrected chi connectivity index (χ0v) is 7.46. The zero-order valence-electron chi connectivity index (χ0n) is 7.46. The van der Waals surface area contributed by atoms with Crippen LogP contribution in [0.3, 0.4) is 0 Å². The van der Waals surface area contributed by atoms with Gasteiger partial charge >= 0.3 is 0 Å². The molecule has 0 radical (unpaired) electrons. The lowest BCUT2D eigenvalue weighted by molar-refractivity contribution is 0.686. The summed E-state index contributed by atoms with van der Waals surface area (Å²) in [6.07, 6.45) is 13.4. The quantitative estimate of drug-likeness (QED) is 0.627. The fourth-order valence-electron chi connectivity index (χ4n) is 1.18. The van der Waals surface area contributed by atoms with Crippen LogP contribution >= 0.6 is 0 Å². The molecule has 1 atom stereocenters. The smallest absolute Gasteiger partial charge is 0.0481 e. The molecule has 1 aliphatic carbocycles. The Morgan fingerprint density at radius 1 is 1.58 bits per heavy atom. The second-order valence-corrected chi connectivity index (χ2v) is 2.82. The largest absolute Gasteiger partial charge is 0.379 e. The molecule has 0 fully saturated rings. The van der Waals surface area contributed by atoms with E-state index in [9.17, 15) is 0 Å². The van der Waals surface area contributed by atoms with Gasteiger partial charge in [0.25, 0.3) is 0 Å². The predicted octanol–water partition coefficient (Wildman–Crippen LogP) is 2.55. The summed E-state index contributed by atoms with van der Waals surface area (Å²) in [7, 11) is 0. The summed E-state index contributed by atoms with van der Waals surface area (Å²) in [6, 6.07) is 0.415. The topological polar surface area (TPSA) is 12.0 Å². The van der Waals surface area contributed by atoms with Crippen LogP contribution in [0.5, 0.6) is 0 Å². The lowest BCUT2D eigenvalue weighted by Crippen LogP contribution is -2.25. The average molecular weight is 161 g/mol. The highest BCUT2D eigenvalue weighted by molar-refractivity contribution is 5.19. The van der Waals surface area contributed by atoms with Crippen molar-refractivity contribution in [2.45, 2.75) is 19.4 Å². The molecule has 1 heteroatoms. The van der Waals surface area contributed by atoms with Crippen LogP contribution in [-0.2, 0) is 0 Å². The predicted molar refractivity (Wildman–Crippen MR) is 53.8 cm³/mol. The highest BCUT2D eigenvalue weighted by atomic mass is 14.9. The van der Waals surface area contributed by atoms with Crippen LogP contribution < -0.4 is 5.32 Å². The molecule has 0 amide bonds. The minimum atomic E-state index is 0.415. The first kappa shape index (κ1) is 8.85. The first-order valence-corrected chi connectivity index (χ1v) is 4.24. The van der Waals surface area contributed by atoms with Crippen molar-refractivity contribution in [3.63, 3.8) is 0 Å². The lowest BCUT2D eigenvalue weighted by atomic mass is 10.1. The van der Waals surface area contributed by atoms with E-state index in [4.69, 9.17) is 0 Å². The van der Waals surface area contributed by atoms with Crippen molar-refractivity contribution in [3.8, 4) is 0 Å². The van der Waals surface area contributed by atoms with Gasteiger partial charge in [-0.1, -0.05) is 37.0 Å². The van der Waals surface area contributed by atoms with Crippen LogP contribution in [0.4, 0.5) is 0 Å². The van der Waals surface area contributed by atoms with Crippen LogP contribution in [-0.4, -0.2) is 6.04 Å². The van der Waals surface area contributed by atoms with Gasteiger partial charge in [0.15, 0.2) is 0 Å². The molecule has 0 spiro atoms. The van der Waals surface area contributed by atoms with Crippen LogP contribution in [0.2, 0.25) is 0 Å². The summed E-state index contributed by atoms with van der Waals surface area (Å²) in [5.74, 6) is 0. The van der Waals surface area contributed by atoms with Gasteiger partial charge in [0.1, 0.15) is 0 Å². The van der Waals surface area contributed by atoms with E-state index in [1.165, 1.54) is 0 Å². The van der Waals surface area contributed by atoms with Gasteiger partial charge in [0, 0.05) is 11.7 Å². The molecule has 0 aromatic carbocycles. The Morgan fingerprint density at radius 2 is 2.42 bits per heavy atom. The molecule has 0 heterocycles. The van der Waals surface area contributed by atoms with Crippen molar-refractivity contribution in [2.75, 3.05) is 0 Å². The minimum absolute atomic E-state index is 0.415. The third-order valence-electron chi connectivity index (χ3n) is 1.72. The summed E-state index contributed by atoms with van der Waals surface area (Å²) in [6.45, 7) is 5.87. The number of nitrogens with one attached hydrogen (secondary N) is 1. The molecular formula is C11H15N. The molecule has 1 nitrogen and oxygen atoms in total. The second-order valence-electron chi connectivity index (χ2n) is 2.82. The molecular weight excluding hydrogens is 146 g/mol. The van der Waals surface area contributed by atoms with Crippen molar-refractivity contribution < 1.29 is 0 Å².